The van der Waals surface area contributed by atoms with Crippen molar-refractivity contribution < 1.29 is 110 Å². The standard InChI is InChI=1S/C12H19NO.C8H19NO2.C7H17NO2.4C7H17NO.3C6H15NO/c1-13-9-5-6-10-14-11-12-7-3-2-4-8-12;1-3-10-7-8-11-6-4-5-9-2;1-8-4-3-5-10-7-6-9-2;1-4-9-6-7(2)5-8-3;1-4-9-6-5-7(2)8-3;1-4-9-7(2)5-6-8-3;1-3-9-7-5-4-6-8-2;1-6(7-2)4-5-8-3;1-6(8-3)4-5-7-2;1-7-5-3-4-6-8-2/h2-4,7-8H,1,5-6,9-11,13H2;2-9H2,1H3;1,3-8H2,2H3;3*7H,3-6,8H2,1-2H3;2-8H2,1H3;2*6H,2,4-5,7H2,1,3H3;1,3-7H2,2H3. The van der Waals surface area contributed by atoms with Gasteiger partial charge in [0.25, 0.3) is 0 Å². The van der Waals surface area contributed by atoms with E-state index in [2.05, 4.69) is 117 Å². The Kier molecular flexibility index (Phi) is 137. The molecule has 0 aliphatic rings. The third kappa shape index (κ3) is 140. The molecule has 0 spiro atoms. The molecule has 582 valence electrons. The zero-order chi connectivity index (χ0) is 73.4. The summed E-state index contributed by atoms with van der Waals surface area (Å²) in [7, 11) is 43.3. The summed E-state index contributed by atoms with van der Waals surface area (Å²) in [4.78, 5) is 0. The average Bonchev–Trinajstić information content (AvgIpc) is 3.66. The van der Waals surface area contributed by atoms with E-state index in [9.17, 15) is 0 Å². The molecule has 0 amide bonds. The fourth-order valence-electron chi connectivity index (χ4n) is 6.51. The molecule has 1 aromatic carbocycles. The van der Waals surface area contributed by atoms with E-state index in [1.165, 1.54) is 31.2 Å². The smallest absolute Gasteiger partial charge is 0.0716 e. The lowest BCUT2D eigenvalue weighted by Gasteiger charge is -2.09. The summed E-state index contributed by atoms with van der Waals surface area (Å²) in [5.74, 6) is 0.627. The molecular formula is C73H168N10O12. The molecular weight excluding hydrogens is 1210 g/mol. The molecule has 5 atom stereocenters. The topological polar surface area (TPSA) is 277 Å². The van der Waals surface area contributed by atoms with Crippen molar-refractivity contribution in [2.45, 2.75) is 177 Å². The summed E-state index contributed by atoms with van der Waals surface area (Å²) in [6.07, 6.45) is 14.3. The molecule has 22 nitrogen and oxygen atoms in total. The van der Waals surface area contributed by atoms with Crippen molar-refractivity contribution in [3.05, 3.63) is 106 Å². The maximum absolute atomic E-state index is 5.53. The second-order valence-electron chi connectivity index (χ2n) is 21.9. The van der Waals surface area contributed by atoms with Crippen LogP contribution in [0, 0.1) is 76.4 Å². The largest absolute Gasteiger partial charge is 0.479 e. The highest BCUT2D eigenvalue weighted by atomic mass is 16.5. The number of ether oxygens (including phenoxy) is 12. The molecule has 5 unspecified atom stereocenters. The molecule has 0 saturated carbocycles. The van der Waals surface area contributed by atoms with Crippen LogP contribution in [0.15, 0.2) is 30.3 Å². The van der Waals surface area contributed by atoms with Gasteiger partial charge in [0.1, 0.15) is 0 Å². The van der Waals surface area contributed by atoms with E-state index in [1.54, 1.807) is 28.4 Å². The van der Waals surface area contributed by atoms with Gasteiger partial charge in [0.15, 0.2) is 0 Å². The second kappa shape index (κ2) is 116. The number of benzene rings is 1. The fraction of sp³-hybridized carbons (Fsp3) is 0.781. The summed E-state index contributed by atoms with van der Waals surface area (Å²) < 4.78 is 61.4. The Labute approximate surface area is 590 Å². The van der Waals surface area contributed by atoms with Gasteiger partial charge in [-0.15, -0.1) is 0 Å². The summed E-state index contributed by atoms with van der Waals surface area (Å²) in [5, 5.41) is 19.3. The third-order valence-electron chi connectivity index (χ3n) is 12.7. The van der Waals surface area contributed by atoms with E-state index < -0.39 is 0 Å². The zero-order valence-electron chi connectivity index (χ0n) is 64.9. The Balaban J connectivity index is -0.000000124. The normalized spacial score (nSPS) is 11.8. The van der Waals surface area contributed by atoms with Crippen LogP contribution >= 0.6 is 0 Å². The van der Waals surface area contributed by atoms with E-state index in [1.807, 2.05) is 106 Å². The Hall–Kier alpha value is -1.66. The molecule has 20 N–H and O–H groups in total. The predicted octanol–water partition coefficient (Wildman–Crippen LogP) is 0.303. The third-order valence-corrected chi connectivity index (χ3v) is 12.7. The lowest BCUT2D eigenvalue weighted by atomic mass is 10.2. The second-order valence-corrected chi connectivity index (χ2v) is 21.9. The Bertz CT molecular complexity index is 1240. The van der Waals surface area contributed by atoms with Gasteiger partial charge in [-0.1, -0.05) is 37.3 Å². The first-order chi connectivity index (χ1) is 46.1. The van der Waals surface area contributed by atoms with Crippen molar-refractivity contribution in [2.24, 2.45) is 5.92 Å². The highest BCUT2D eigenvalue weighted by Crippen LogP contribution is 2.01. The maximum Gasteiger partial charge on any atom is 0.0716 e. The minimum Gasteiger partial charge on any atom is -0.479 e. The Morgan fingerprint density at radius 1 is 0.337 bits per heavy atom. The molecule has 0 bridgehead atoms. The SMILES string of the molecule is [CH2-][NH2+]C(C)CCOC.[CH2-][NH2+]C(C)CCOCC.[CH2-][NH2+]CC(C)COCC.[CH2-][NH2+]CCC(C)OC.[CH2-][NH2+]CCC(C)OCC.[CH2-][NH2+]CCCCOC.[CH2-][NH2+]CCCCOCC.[CH2-][NH2+]CCCCOCc1ccccc1.[CH2-][NH2+]CCCOCCOC.[CH2-][NH2+]CCCOCCOCC. The van der Waals surface area contributed by atoms with Crippen LogP contribution in [-0.2, 0) is 63.4 Å². The van der Waals surface area contributed by atoms with E-state index in [-0.39, 0.29) is 0 Å². The molecule has 0 radical (unpaired) electrons. The first kappa shape index (κ1) is 112. The van der Waals surface area contributed by atoms with Gasteiger partial charge in [0, 0.05) is 126 Å². The number of hydrogen-bond donors (Lipinski definition) is 10. The number of rotatable bonds is 56. The van der Waals surface area contributed by atoms with Crippen molar-refractivity contribution >= 4 is 0 Å². The van der Waals surface area contributed by atoms with Gasteiger partial charge in [0.05, 0.1) is 143 Å². The molecule has 95 heavy (non-hydrogen) atoms. The summed E-state index contributed by atoms with van der Waals surface area (Å²) in [6.45, 7) is 43.7. The van der Waals surface area contributed by atoms with Crippen LogP contribution in [-0.4, -0.2) is 217 Å². The van der Waals surface area contributed by atoms with Crippen LogP contribution in [0.5, 0.6) is 0 Å². The summed E-state index contributed by atoms with van der Waals surface area (Å²) in [5.41, 5.74) is 1.25. The molecule has 0 aliphatic heterocycles. The van der Waals surface area contributed by atoms with Crippen molar-refractivity contribution in [3.8, 4) is 0 Å². The van der Waals surface area contributed by atoms with Crippen LogP contribution in [0.1, 0.15) is 152 Å². The number of nitrogens with two attached hydrogens (primary N) is 10. The van der Waals surface area contributed by atoms with Crippen LogP contribution < -0.4 is 53.2 Å². The van der Waals surface area contributed by atoms with Gasteiger partial charge in [-0.25, -0.2) is 0 Å². The van der Waals surface area contributed by atoms with Crippen molar-refractivity contribution in [1.29, 1.82) is 0 Å². The molecule has 0 saturated heterocycles. The minimum atomic E-state index is 0.382. The van der Waals surface area contributed by atoms with E-state index >= 15 is 0 Å². The zero-order valence-corrected chi connectivity index (χ0v) is 64.9. The van der Waals surface area contributed by atoms with Crippen LogP contribution in [0.4, 0.5) is 0 Å². The van der Waals surface area contributed by atoms with Gasteiger partial charge in [-0.3, -0.25) is 0 Å². The number of hydrogen-bond acceptors (Lipinski definition) is 12. The maximum atomic E-state index is 5.53. The predicted molar refractivity (Wildman–Crippen MR) is 392 cm³/mol. The summed E-state index contributed by atoms with van der Waals surface area (Å²) in [6, 6.07) is 11.5. The number of quaternary nitrogens is 10. The van der Waals surface area contributed by atoms with Gasteiger partial charge < -0.3 is 110 Å². The molecule has 0 fully saturated rings. The summed E-state index contributed by atoms with van der Waals surface area (Å²) >= 11 is 0. The molecule has 1 rings (SSSR count). The molecule has 0 aromatic heterocycles. The lowest BCUT2D eigenvalue weighted by molar-refractivity contribution is -0.631. The molecule has 0 heterocycles. The van der Waals surface area contributed by atoms with Gasteiger partial charge >= 0.3 is 0 Å². The Morgan fingerprint density at radius 3 is 1.13 bits per heavy atom. The van der Waals surface area contributed by atoms with Crippen molar-refractivity contribution in [1.82, 2.24) is 0 Å². The molecule has 22 heteroatoms. The van der Waals surface area contributed by atoms with Crippen molar-refractivity contribution in [3.63, 3.8) is 0 Å². The highest BCUT2D eigenvalue weighted by molar-refractivity contribution is 5.13. The molecule has 1 aromatic rings. The van der Waals surface area contributed by atoms with Crippen molar-refractivity contribution in [2.75, 3.05) is 193 Å². The average molecular weight is 1380 g/mol. The lowest BCUT2D eigenvalue weighted by Crippen LogP contribution is -2.82. The minimum absolute atomic E-state index is 0.382. The van der Waals surface area contributed by atoms with Gasteiger partial charge in [-0.05, 0) is 106 Å². The van der Waals surface area contributed by atoms with E-state index in [0.29, 0.717) is 56.6 Å². The number of methoxy groups -OCH3 is 4. The van der Waals surface area contributed by atoms with E-state index in [4.69, 9.17) is 56.8 Å². The monoisotopic (exact) mass is 1380 g/mol. The quantitative estimate of drug-likeness (QED) is 0.0312. The Morgan fingerprint density at radius 2 is 0.716 bits per heavy atom. The fourth-order valence-corrected chi connectivity index (χ4v) is 6.51. The van der Waals surface area contributed by atoms with Gasteiger partial charge in [-0.2, -0.15) is 70.5 Å². The number of unbranched alkanes of at least 4 members (excludes halogenated alkanes) is 3. The first-order valence-corrected chi connectivity index (χ1v) is 36.0. The van der Waals surface area contributed by atoms with Gasteiger partial charge in [0.2, 0.25) is 0 Å². The van der Waals surface area contributed by atoms with Crippen LogP contribution in [0.2, 0.25) is 0 Å². The van der Waals surface area contributed by atoms with Crippen LogP contribution in [0.25, 0.3) is 0 Å². The first-order valence-electron chi connectivity index (χ1n) is 36.0. The molecule has 0 aliphatic carbocycles. The van der Waals surface area contributed by atoms with E-state index in [0.717, 1.165) is 196 Å². The highest BCUT2D eigenvalue weighted by Gasteiger charge is 2.01. The van der Waals surface area contributed by atoms with Crippen LogP contribution in [0.3, 0.4) is 0 Å².